The van der Waals surface area contributed by atoms with E-state index in [9.17, 15) is 0 Å². The zero-order chi connectivity index (χ0) is 12.0. The summed E-state index contributed by atoms with van der Waals surface area (Å²) in [5.74, 6) is 1.44. The molecule has 1 aromatic rings. The van der Waals surface area contributed by atoms with Crippen molar-refractivity contribution in [2.24, 2.45) is 0 Å². The van der Waals surface area contributed by atoms with Gasteiger partial charge in [0.25, 0.3) is 0 Å². The summed E-state index contributed by atoms with van der Waals surface area (Å²) >= 11 is 0. The Labute approximate surface area is 96.4 Å². The first-order chi connectivity index (χ1) is 7.72. The van der Waals surface area contributed by atoms with E-state index < -0.39 is 0 Å². The van der Waals surface area contributed by atoms with Gasteiger partial charge in [-0.25, -0.2) is 0 Å². The molecule has 1 N–H and O–H groups in total. The minimum absolute atomic E-state index is 0.206. The van der Waals surface area contributed by atoms with Crippen LogP contribution in [0.4, 0.5) is 5.69 Å². The standard InChI is InChI=1S/C12H19NO3/c1-13(7-4-8-14)10-5-6-11(15-2)12(9-10)16-3/h5-6,9,14H,4,7-8H2,1-3H3. The van der Waals surface area contributed by atoms with E-state index in [2.05, 4.69) is 4.90 Å². The number of hydrogen-bond donors (Lipinski definition) is 1. The van der Waals surface area contributed by atoms with Crippen molar-refractivity contribution in [1.29, 1.82) is 0 Å². The number of methoxy groups -OCH3 is 2. The van der Waals surface area contributed by atoms with E-state index in [1.807, 2.05) is 25.2 Å². The summed E-state index contributed by atoms with van der Waals surface area (Å²) in [6.45, 7) is 1.02. The fraction of sp³-hybridized carbons (Fsp3) is 0.500. The van der Waals surface area contributed by atoms with Crippen LogP contribution in [-0.4, -0.2) is 39.5 Å². The van der Waals surface area contributed by atoms with Gasteiger partial charge >= 0.3 is 0 Å². The lowest BCUT2D eigenvalue weighted by Gasteiger charge is -2.20. The Balaban J connectivity index is 2.81. The van der Waals surface area contributed by atoms with Crippen LogP contribution in [0.15, 0.2) is 18.2 Å². The fourth-order valence-corrected chi connectivity index (χ4v) is 1.50. The predicted molar refractivity (Wildman–Crippen MR) is 64.5 cm³/mol. The zero-order valence-corrected chi connectivity index (χ0v) is 10.1. The molecule has 0 saturated heterocycles. The summed E-state index contributed by atoms with van der Waals surface area (Å²) in [7, 11) is 5.22. The second kappa shape index (κ2) is 6.23. The second-order valence-corrected chi connectivity index (χ2v) is 3.54. The molecule has 0 aromatic heterocycles. The summed E-state index contributed by atoms with van der Waals surface area (Å²) in [5.41, 5.74) is 1.05. The highest BCUT2D eigenvalue weighted by Crippen LogP contribution is 2.30. The quantitative estimate of drug-likeness (QED) is 0.797. The molecular formula is C12H19NO3. The Kier molecular flexibility index (Phi) is 4.92. The second-order valence-electron chi connectivity index (χ2n) is 3.54. The molecule has 4 heteroatoms. The van der Waals surface area contributed by atoms with Crippen LogP contribution < -0.4 is 14.4 Å². The topological polar surface area (TPSA) is 41.9 Å². The molecule has 0 atom stereocenters. The van der Waals surface area contributed by atoms with Crippen molar-refractivity contribution >= 4 is 5.69 Å². The Morgan fingerprint density at radius 2 is 1.88 bits per heavy atom. The molecular weight excluding hydrogens is 206 g/mol. The average molecular weight is 225 g/mol. The minimum Gasteiger partial charge on any atom is -0.493 e. The zero-order valence-electron chi connectivity index (χ0n) is 10.1. The molecule has 4 nitrogen and oxygen atoms in total. The van der Waals surface area contributed by atoms with Crippen molar-refractivity contribution in [2.75, 3.05) is 39.3 Å². The molecule has 1 rings (SSSR count). The molecule has 0 saturated carbocycles. The number of aliphatic hydroxyl groups excluding tert-OH is 1. The molecule has 0 heterocycles. The molecule has 0 fully saturated rings. The van der Waals surface area contributed by atoms with Gasteiger partial charge < -0.3 is 19.5 Å². The first-order valence-corrected chi connectivity index (χ1v) is 5.27. The van der Waals surface area contributed by atoms with Crippen LogP contribution in [-0.2, 0) is 0 Å². The van der Waals surface area contributed by atoms with E-state index in [-0.39, 0.29) is 6.61 Å². The molecule has 0 aliphatic rings. The summed E-state index contributed by atoms with van der Waals surface area (Å²) in [6.07, 6.45) is 0.755. The monoisotopic (exact) mass is 225 g/mol. The lowest BCUT2D eigenvalue weighted by Crippen LogP contribution is -2.19. The molecule has 0 amide bonds. The van der Waals surface area contributed by atoms with Crippen LogP contribution in [0.25, 0.3) is 0 Å². The Morgan fingerprint density at radius 3 is 2.44 bits per heavy atom. The first-order valence-electron chi connectivity index (χ1n) is 5.27. The maximum atomic E-state index is 8.77. The van der Waals surface area contributed by atoms with Crippen molar-refractivity contribution < 1.29 is 14.6 Å². The highest BCUT2D eigenvalue weighted by Gasteiger charge is 2.07. The third-order valence-electron chi connectivity index (χ3n) is 2.46. The molecule has 90 valence electrons. The lowest BCUT2D eigenvalue weighted by molar-refractivity contribution is 0.290. The van der Waals surface area contributed by atoms with Crippen LogP contribution in [0.3, 0.4) is 0 Å². The van der Waals surface area contributed by atoms with Crippen LogP contribution in [0.2, 0.25) is 0 Å². The molecule has 0 aliphatic heterocycles. The normalized spacial score (nSPS) is 10.0. The highest BCUT2D eigenvalue weighted by molar-refractivity contribution is 5.55. The molecule has 0 unspecified atom stereocenters. The lowest BCUT2D eigenvalue weighted by atomic mass is 10.2. The third-order valence-corrected chi connectivity index (χ3v) is 2.46. The van der Waals surface area contributed by atoms with Crippen molar-refractivity contribution in [1.82, 2.24) is 0 Å². The number of anilines is 1. The molecule has 0 radical (unpaired) electrons. The number of ether oxygens (including phenoxy) is 2. The Hall–Kier alpha value is -1.42. The summed E-state index contributed by atoms with van der Waals surface area (Å²) in [4.78, 5) is 2.07. The molecule has 0 bridgehead atoms. The number of hydrogen-bond acceptors (Lipinski definition) is 4. The minimum atomic E-state index is 0.206. The Morgan fingerprint density at radius 1 is 1.19 bits per heavy atom. The average Bonchev–Trinajstić information content (AvgIpc) is 2.34. The molecule has 0 aliphatic carbocycles. The van der Waals surface area contributed by atoms with Gasteiger partial charge in [0.15, 0.2) is 11.5 Å². The van der Waals surface area contributed by atoms with Gasteiger partial charge in [-0.05, 0) is 18.6 Å². The number of aliphatic hydroxyl groups is 1. The van der Waals surface area contributed by atoms with Crippen LogP contribution in [0.5, 0.6) is 11.5 Å². The highest BCUT2D eigenvalue weighted by atomic mass is 16.5. The van der Waals surface area contributed by atoms with E-state index in [0.717, 1.165) is 30.2 Å². The summed E-state index contributed by atoms with van der Waals surface area (Å²) in [5, 5.41) is 8.77. The van der Waals surface area contributed by atoms with Gasteiger partial charge in [-0.3, -0.25) is 0 Å². The maximum Gasteiger partial charge on any atom is 0.162 e. The van der Waals surface area contributed by atoms with Gasteiger partial charge in [0.2, 0.25) is 0 Å². The van der Waals surface area contributed by atoms with Gasteiger partial charge in [-0.15, -0.1) is 0 Å². The van der Waals surface area contributed by atoms with Crippen molar-refractivity contribution in [3.63, 3.8) is 0 Å². The van der Waals surface area contributed by atoms with Crippen LogP contribution in [0.1, 0.15) is 6.42 Å². The largest absolute Gasteiger partial charge is 0.493 e. The Bertz CT molecular complexity index is 328. The predicted octanol–water partition coefficient (Wildman–Crippen LogP) is 1.52. The van der Waals surface area contributed by atoms with Crippen molar-refractivity contribution in [3.8, 4) is 11.5 Å². The van der Waals surface area contributed by atoms with Crippen LogP contribution >= 0.6 is 0 Å². The van der Waals surface area contributed by atoms with E-state index in [0.29, 0.717) is 0 Å². The van der Waals surface area contributed by atoms with E-state index >= 15 is 0 Å². The number of nitrogens with zero attached hydrogens (tertiary/aromatic N) is 1. The summed E-state index contributed by atoms with van der Waals surface area (Å²) < 4.78 is 10.4. The van der Waals surface area contributed by atoms with Crippen molar-refractivity contribution in [2.45, 2.75) is 6.42 Å². The maximum absolute atomic E-state index is 8.77. The smallest absolute Gasteiger partial charge is 0.162 e. The van der Waals surface area contributed by atoms with Gasteiger partial charge in [0, 0.05) is 32.0 Å². The molecule has 1 aromatic carbocycles. The van der Waals surface area contributed by atoms with E-state index in [4.69, 9.17) is 14.6 Å². The number of rotatable bonds is 6. The van der Waals surface area contributed by atoms with E-state index in [1.165, 1.54) is 0 Å². The number of benzene rings is 1. The van der Waals surface area contributed by atoms with Gasteiger partial charge in [-0.2, -0.15) is 0 Å². The van der Waals surface area contributed by atoms with Gasteiger partial charge in [0.1, 0.15) is 0 Å². The SMILES string of the molecule is COc1ccc(N(C)CCCO)cc1OC. The molecule has 16 heavy (non-hydrogen) atoms. The van der Waals surface area contributed by atoms with Crippen LogP contribution in [0, 0.1) is 0 Å². The van der Waals surface area contributed by atoms with Gasteiger partial charge in [0.05, 0.1) is 14.2 Å². The third kappa shape index (κ3) is 3.03. The van der Waals surface area contributed by atoms with Gasteiger partial charge in [-0.1, -0.05) is 0 Å². The van der Waals surface area contributed by atoms with E-state index in [1.54, 1.807) is 14.2 Å². The molecule has 0 spiro atoms. The first kappa shape index (κ1) is 12.6. The fourth-order valence-electron chi connectivity index (χ4n) is 1.50. The van der Waals surface area contributed by atoms with Crippen molar-refractivity contribution in [3.05, 3.63) is 18.2 Å². The summed E-state index contributed by atoms with van der Waals surface area (Å²) in [6, 6.07) is 5.78.